The Bertz CT molecular complexity index is 779. The Balaban J connectivity index is 1.41. The number of carboxylic acid groups (broad SMARTS) is 1. The largest absolute Gasteiger partial charge is 0.481 e. The number of hydrogen-bond acceptors (Lipinski definition) is 4. The number of benzene rings is 1. The van der Waals surface area contributed by atoms with Gasteiger partial charge in [0.15, 0.2) is 6.10 Å². The first-order valence-corrected chi connectivity index (χ1v) is 9.55. The van der Waals surface area contributed by atoms with E-state index in [4.69, 9.17) is 4.74 Å². The molecular weight excluding hydrogens is 348 g/mol. The van der Waals surface area contributed by atoms with Gasteiger partial charge in [-0.2, -0.15) is 0 Å². The van der Waals surface area contributed by atoms with Gasteiger partial charge in [0, 0.05) is 19.0 Å². The Morgan fingerprint density at radius 2 is 2.00 bits per heavy atom. The second-order valence-electron chi connectivity index (χ2n) is 7.76. The van der Waals surface area contributed by atoms with E-state index in [1.165, 1.54) is 0 Å². The summed E-state index contributed by atoms with van der Waals surface area (Å²) in [6.45, 7) is 1.94. The van der Waals surface area contributed by atoms with Gasteiger partial charge in [0.2, 0.25) is 5.91 Å². The molecule has 0 aromatic heterocycles. The van der Waals surface area contributed by atoms with Crippen molar-refractivity contribution in [2.45, 2.75) is 44.8 Å². The van der Waals surface area contributed by atoms with Crippen LogP contribution < -0.4 is 15.0 Å². The van der Waals surface area contributed by atoms with E-state index in [-0.39, 0.29) is 42.7 Å². The molecule has 2 amide bonds. The molecule has 1 aromatic carbocycles. The summed E-state index contributed by atoms with van der Waals surface area (Å²) in [5, 5.41) is 12.4. The van der Waals surface area contributed by atoms with Gasteiger partial charge < -0.3 is 20.1 Å². The van der Waals surface area contributed by atoms with Crippen LogP contribution in [0.25, 0.3) is 0 Å². The Morgan fingerprint density at radius 1 is 1.26 bits per heavy atom. The van der Waals surface area contributed by atoms with Crippen molar-refractivity contribution in [3.63, 3.8) is 0 Å². The van der Waals surface area contributed by atoms with Crippen molar-refractivity contribution in [2.75, 3.05) is 11.4 Å². The van der Waals surface area contributed by atoms with Crippen molar-refractivity contribution < 1.29 is 24.2 Å². The lowest BCUT2D eigenvalue weighted by Gasteiger charge is -2.33. The number of rotatable bonds is 5. The molecule has 1 aliphatic heterocycles. The van der Waals surface area contributed by atoms with E-state index in [2.05, 4.69) is 5.32 Å². The zero-order valence-corrected chi connectivity index (χ0v) is 15.3. The van der Waals surface area contributed by atoms with Crippen LogP contribution in [-0.4, -0.2) is 41.6 Å². The summed E-state index contributed by atoms with van der Waals surface area (Å²) in [7, 11) is 0. The SMILES string of the molecule is C[C@@H]1Oc2ccccc2N(CCC(=O)N[C@@H]2[C@H]3CC[C@@H](C3)[C@H]2C(=O)O)C1=O. The number of ether oxygens (including phenoxy) is 1. The van der Waals surface area contributed by atoms with Crippen LogP contribution in [-0.2, 0) is 14.4 Å². The Kier molecular flexibility index (Phi) is 4.53. The minimum atomic E-state index is -0.821. The minimum Gasteiger partial charge on any atom is -0.481 e. The predicted octanol–water partition coefficient (Wildman–Crippen LogP) is 1.81. The third-order valence-electron chi connectivity index (χ3n) is 6.17. The van der Waals surface area contributed by atoms with Gasteiger partial charge in [-0.3, -0.25) is 14.4 Å². The number of aliphatic carboxylic acids is 1. The van der Waals surface area contributed by atoms with E-state index < -0.39 is 18.0 Å². The predicted molar refractivity (Wildman–Crippen MR) is 97.4 cm³/mol. The van der Waals surface area contributed by atoms with Gasteiger partial charge in [0.05, 0.1) is 11.6 Å². The second kappa shape index (κ2) is 6.87. The average molecular weight is 372 g/mol. The molecule has 0 spiro atoms. The fraction of sp³-hybridized carbons (Fsp3) is 0.550. The van der Waals surface area contributed by atoms with Crippen LogP contribution in [0.5, 0.6) is 5.75 Å². The van der Waals surface area contributed by atoms with Crippen molar-refractivity contribution in [3.8, 4) is 5.75 Å². The molecule has 1 heterocycles. The molecule has 0 saturated heterocycles. The number of anilines is 1. The fourth-order valence-corrected chi connectivity index (χ4v) is 4.92. The quantitative estimate of drug-likeness (QED) is 0.822. The van der Waals surface area contributed by atoms with Gasteiger partial charge in [-0.15, -0.1) is 0 Å². The number of hydrogen-bond donors (Lipinski definition) is 2. The van der Waals surface area contributed by atoms with E-state index in [9.17, 15) is 19.5 Å². The van der Waals surface area contributed by atoms with Crippen LogP contribution >= 0.6 is 0 Å². The van der Waals surface area contributed by atoms with Crippen LogP contribution in [0.2, 0.25) is 0 Å². The third-order valence-corrected chi connectivity index (χ3v) is 6.17. The van der Waals surface area contributed by atoms with Crippen molar-refractivity contribution in [1.82, 2.24) is 5.32 Å². The zero-order chi connectivity index (χ0) is 19.1. The molecular formula is C20H24N2O5. The highest BCUT2D eigenvalue weighted by Gasteiger charge is 2.51. The number of carboxylic acids is 1. The minimum absolute atomic E-state index is 0.132. The molecule has 144 valence electrons. The lowest BCUT2D eigenvalue weighted by atomic mass is 9.84. The number of carbonyl (C=O) groups is 3. The van der Waals surface area contributed by atoms with Crippen molar-refractivity contribution >= 4 is 23.5 Å². The highest BCUT2D eigenvalue weighted by molar-refractivity contribution is 6.00. The maximum Gasteiger partial charge on any atom is 0.308 e. The van der Waals surface area contributed by atoms with E-state index >= 15 is 0 Å². The molecule has 7 heteroatoms. The smallest absolute Gasteiger partial charge is 0.308 e. The molecule has 2 aliphatic carbocycles. The second-order valence-corrected chi connectivity index (χ2v) is 7.76. The standard InChI is InChI=1S/C20H24N2O5/c1-11-19(24)22(14-4-2-3-5-15(14)27-11)9-8-16(23)21-18-13-7-6-12(10-13)17(18)20(25)26/h2-5,11-13,17-18H,6-10H2,1H3,(H,21,23)(H,25,26)/t11-,12-,13-,17+,18+/m0/s1. The van der Waals surface area contributed by atoms with Gasteiger partial charge in [-0.1, -0.05) is 12.1 Å². The Hall–Kier alpha value is -2.57. The number of nitrogens with zero attached hydrogens (tertiary/aromatic N) is 1. The van der Waals surface area contributed by atoms with Gasteiger partial charge in [0.25, 0.3) is 5.91 Å². The molecule has 0 radical (unpaired) electrons. The summed E-state index contributed by atoms with van der Waals surface area (Å²) in [5.41, 5.74) is 0.664. The molecule has 3 aliphatic rings. The van der Waals surface area contributed by atoms with Gasteiger partial charge >= 0.3 is 5.97 Å². The molecule has 7 nitrogen and oxygen atoms in total. The molecule has 1 aromatic rings. The summed E-state index contributed by atoms with van der Waals surface area (Å²) in [6.07, 6.45) is 2.34. The molecule has 2 N–H and O–H groups in total. The maximum absolute atomic E-state index is 12.5. The normalized spacial score (nSPS) is 31.4. The van der Waals surface area contributed by atoms with Crippen LogP contribution in [0.4, 0.5) is 5.69 Å². The first-order valence-electron chi connectivity index (χ1n) is 9.55. The summed E-state index contributed by atoms with van der Waals surface area (Å²) in [5.74, 6) is -0.633. The number of carbonyl (C=O) groups excluding carboxylic acids is 2. The number of para-hydroxylation sites is 2. The molecule has 4 rings (SSSR count). The summed E-state index contributed by atoms with van der Waals surface area (Å²) >= 11 is 0. The summed E-state index contributed by atoms with van der Waals surface area (Å²) in [6, 6.07) is 6.98. The van der Waals surface area contributed by atoms with E-state index in [1.807, 2.05) is 12.1 Å². The van der Waals surface area contributed by atoms with Crippen molar-refractivity contribution in [3.05, 3.63) is 24.3 Å². The lowest BCUT2D eigenvalue weighted by molar-refractivity contribution is -0.144. The van der Waals surface area contributed by atoms with E-state index in [1.54, 1.807) is 24.0 Å². The first kappa shape index (κ1) is 17.8. The molecule has 27 heavy (non-hydrogen) atoms. The zero-order valence-electron chi connectivity index (χ0n) is 15.3. The molecule has 5 atom stereocenters. The highest BCUT2D eigenvalue weighted by atomic mass is 16.5. The lowest BCUT2D eigenvalue weighted by Crippen LogP contribution is -2.49. The van der Waals surface area contributed by atoms with Crippen LogP contribution in [0.1, 0.15) is 32.6 Å². The van der Waals surface area contributed by atoms with E-state index in [0.717, 1.165) is 19.3 Å². The van der Waals surface area contributed by atoms with E-state index in [0.29, 0.717) is 11.4 Å². The fourth-order valence-electron chi connectivity index (χ4n) is 4.92. The highest BCUT2D eigenvalue weighted by Crippen LogP contribution is 2.48. The van der Waals surface area contributed by atoms with Crippen molar-refractivity contribution in [1.29, 1.82) is 0 Å². The summed E-state index contributed by atoms with van der Waals surface area (Å²) in [4.78, 5) is 38.2. The van der Waals surface area contributed by atoms with Gasteiger partial charge in [0.1, 0.15) is 5.75 Å². The maximum atomic E-state index is 12.5. The summed E-state index contributed by atoms with van der Waals surface area (Å²) < 4.78 is 5.61. The Labute approximate surface area is 157 Å². The first-order chi connectivity index (χ1) is 13.0. The van der Waals surface area contributed by atoms with Crippen molar-refractivity contribution in [2.24, 2.45) is 17.8 Å². The van der Waals surface area contributed by atoms with Gasteiger partial charge in [-0.05, 0) is 50.2 Å². The van der Waals surface area contributed by atoms with Gasteiger partial charge in [-0.25, -0.2) is 0 Å². The molecule has 2 fully saturated rings. The van der Waals surface area contributed by atoms with Crippen LogP contribution in [0, 0.1) is 17.8 Å². The van der Waals surface area contributed by atoms with Crippen LogP contribution in [0.3, 0.4) is 0 Å². The number of fused-ring (bicyclic) bond motifs is 3. The number of nitrogens with one attached hydrogen (secondary N) is 1. The topological polar surface area (TPSA) is 95.9 Å². The Morgan fingerprint density at radius 3 is 2.78 bits per heavy atom. The third kappa shape index (κ3) is 3.15. The molecule has 2 saturated carbocycles. The van der Waals surface area contributed by atoms with Crippen LogP contribution in [0.15, 0.2) is 24.3 Å². The average Bonchev–Trinajstić information content (AvgIpc) is 3.23. The number of amides is 2. The molecule has 0 unspecified atom stereocenters. The monoisotopic (exact) mass is 372 g/mol. The molecule has 2 bridgehead atoms.